The molecule has 0 saturated carbocycles. The van der Waals surface area contributed by atoms with Gasteiger partial charge < -0.3 is 14.2 Å². The number of alkyl halides is 4. The number of halogens is 4. The number of esters is 2. The molecule has 2 aromatic rings. The van der Waals surface area contributed by atoms with Crippen LogP contribution in [0.1, 0.15) is 57.9 Å². The van der Waals surface area contributed by atoms with Gasteiger partial charge in [-0.3, -0.25) is 9.88 Å². The van der Waals surface area contributed by atoms with Gasteiger partial charge in [0.05, 0.1) is 5.56 Å². The van der Waals surface area contributed by atoms with E-state index in [1.54, 1.807) is 51.1 Å². The molecule has 1 amide bonds. The molecule has 0 radical (unpaired) electrons. The molecule has 0 bridgehead atoms. The van der Waals surface area contributed by atoms with E-state index < -0.39 is 66.0 Å². The van der Waals surface area contributed by atoms with Gasteiger partial charge in [0.15, 0.2) is 0 Å². The second-order valence-corrected chi connectivity index (χ2v) is 10.8. The first-order valence-electron chi connectivity index (χ1n) is 12.4. The molecule has 0 spiro atoms. The zero-order valence-corrected chi connectivity index (χ0v) is 23.3. The van der Waals surface area contributed by atoms with Crippen molar-refractivity contribution >= 4 is 18.0 Å². The lowest BCUT2D eigenvalue weighted by atomic mass is 10.00. The van der Waals surface area contributed by atoms with Crippen LogP contribution in [0.25, 0.3) is 0 Å². The molecule has 0 fully saturated rings. The molecule has 0 saturated heterocycles. The van der Waals surface area contributed by atoms with Gasteiger partial charge in [-0.15, -0.1) is 0 Å². The van der Waals surface area contributed by atoms with Gasteiger partial charge in [-0.25, -0.2) is 18.8 Å². The van der Waals surface area contributed by atoms with E-state index in [9.17, 15) is 31.9 Å². The van der Waals surface area contributed by atoms with Crippen molar-refractivity contribution in [2.45, 2.75) is 83.7 Å². The molecule has 0 unspecified atom stereocenters. The number of benzene rings is 1. The highest BCUT2D eigenvalue weighted by Gasteiger charge is 2.39. The lowest BCUT2D eigenvalue weighted by Crippen LogP contribution is -2.49. The molecule has 220 valence electrons. The van der Waals surface area contributed by atoms with Crippen molar-refractivity contribution in [1.29, 1.82) is 0 Å². The normalized spacial score (nSPS) is 13.7. The molecular weight excluding hydrogens is 536 g/mol. The van der Waals surface area contributed by atoms with Crippen LogP contribution in [0.15, 0.2) is 48.7 Å². The van der Waals surface area contributed by atoms with Crippen molar-refractivity contribution in [3.05, 3.63) is 65.5 Å². The molecule has 0 N–H and O–H groups in total. The van der Waals surface area contributed by atoms with E-state index in [4.69, 9.17) is 14.2 Å². The predicted molar refractivity (Wildman–Crippen MR) is 137 cm³/mol. The molecule has 40 heavy (non-hydrogen) atoms. The van der Waals surface area contributed by atoms with Crippen molar-refractivity contribution in [2.24, 2.45) is 0 Å². The van der Waals surface area contributed by atoms with E-state index in [0.717, 1.165) is 17.0 Å². The minimum absolute atomic E-state index is 0.00493. The Labute approximate surface area is 230 Å². The minimum atomic E-state index is -4.62. The van der Waals surface area contributed by atoms with Crippen LogP contribution in [0.5, 0.6) is 0 Å². The topological polar surface area (TPSA) is 95.0 Å². The molecule has 2 rings (SSSR count). The van der Waals surface area contributed by atoms with Gasteiger partial charge in [0.2, 0.25) is 6.10 Å². The number of hydrogen-bond acceptors (Lipinski definition) is 7. The minimum Gasteiger partial charge on any atom is -0.458 e. The zero-order valence-electron chi connectivity index (χ0n) is 23.3. The van der Waals surface area contributed by atoms with Gasteiger partial charge in [0, 0.05) is 31.8 Å². The maximum atomic E-state index is 14.7. The molecule has 2 atom stereocenters. The Hall–Kier alpha value is -3.70. The first-order chi connectivity index (χ1) is 18.4. The van der Waals surface area contributed by atoms with Gasteiger partial charge in [0.1, 0.15) is 23.9 Å². The summed E-state index contributed by atoms with van der Waals surface area (Å²) in [5.74, 6) is -2.13. The molecule has 0 aliphatic rings. The zero-order chi connectivity index (χ0) is 30.3. The Balaban J connectivity index is 2.32. The summed E-state index contributed by atoms with van der Waals surface area (Å²) in [4.78, 5) is 43.5. The van der Waals surface area contributed by atoms with E-state index in [2.05, 4.69) is 4.98 Å². The fourth-order valence-corrected chi connectivity index (χ4v) is 3.42. The van der Waals surface area contributed by atoms with Crippen LogP contribution in [0.3, 0.4) is 0 Å². The fraction of sp³-hybridized carbons (Fsp3) is 0.500. The van der Waals surface area contributed by atoms with Crippen molar-refractivity contribution < 1.29 is 46.2 Å². The van der Waals surface area contributed by atoms with Gasteiger partial charge in [-0.05, 0) is 52.3 Å². The summed E-state index contributed by atoms with van der Waals surface area (Å²) in [6.07, 6.45) is -7.53. The third-order valence-corrected chi connectivity index (χ3v) is 5.39. The Bertz CT molecular complexity index is 1140. The number of aromatic nitrogens is 1. The quantitative estimate of drug-likeness (QED) is 0.206. The largest absolute Gasteiger partial charge is 0.458 e. The molecule has 1 heterocycles. The van der Waals surface area contributed by atoms with Crippen LogP contribution in [-0.2, 0) is 43.0 Å². The standard InChI is InChI=1S/C28H34F4N2O6/c1-26(2,3)40-25(37)34(6)21(15-27(4,5)29)23(35)39-22(24(36)38-17-18-10-8-7-9-11-18)14-20-13-12-19(16-33-20)28(30,31)32/h7-13,16,21-22H,14-15,17H2,1-6H3/t21-,22+/m0/s1. The highest BCUT2D eigenvalue weighted by Crippen LogP contribution is 2.29. The molecule has 1 aromatic carbocycles. The Kier molecular flexibility index (Phi) is 10.6. The lowest BCUT2D eigenvalue weighted by Gasteiger charge is -2.32. The van der Waals surface area contributed by atoms with Crippen LogP contribution in [0, 0.1) is 0 Å². The lowest BCUT2D eigenvalue weighted by molar-refractivity contribution is -0.172. The number of ether oxygens (including phenoxy) is 3. The summed E-state index contributed by atoms with van der Waals surface area (Å²) in [5, 5.41) is 0. The van der Waals surface area contributed by atoms with Crippen molar-refractivity contribution in [1.82, 2.24) is 9.88 Å². The number of hydrogen-bond donors (Lipinski definition) is 0. The highest BCUT2D eigenvalue weighted by molar-refractivity contribution is 5.85. The second kappa shape index (κ2) is 13.1. The van der Waals surface area contributed by atoms with Crippen LogP contribution in [0.2, 0.25) is 0 Å². The second-order valence-electron chi connectivity index (χ2n) is 10.8. The number of likely N-dealkylation sites (N-methyl/N-ethyl adjacent to an activating group) is 1. The monoisotopic (exact) mass is 570 g/mol. The first-order valence-corrected chi connectivity index (χ1v) is 12.4. The van der Waals surface area contributed by atoms with Crippen LogP contribution in [-0.4, -0.2) is 58.4 Å². The number of rotatable bonds is 10. The van der Waals surface area contributed by atoms with Crippen molar-refractivity contribution in [3.8, 4) is 0 Å². The van der Waals surface area contributed by atoms with E-state index in [0.29, 0.717) is 11.8 Å². The first kappa shape index (κ1) is 32.5. The molecular formula is C28H34F4N2O6. The Morgan fingerprint density at radius 3 is 2.05 bits per heavy atom. The molecule has 0 aliphatic heterocycles. The van der Waals surface area contributed by atoms with Crippen LogP contribution < -0.4 is 0 Å². The summed E-state index contributed by atoms with van der Waals surface area (Å²) < 4.78 is 69.5. The van der Waals surface area contributed by atoms with Gasteiger partial charge >= 0.3 is 24.2 Å². The van der Waals surface area contributed by atoms with Crippen molar-refractivity contribution in [3.63, 3.8) is 0 Å². The van der Waals surface area contributed by atoms with E-state index in [-0.39, 0.29) is 12.3 Å². The van der Waals surface area contributed by atoms with Crippen LogP contribution in [0.4, 0.5) is 22.4 Å². The number of carbonyl (C=O) groups excluding carboxylic acids is 3. The SMILES string of the molecule is CN(C(=O)OC(C)(C)C)[C@@H](CC(C)(C)F)C(=O)O[C@H](Cc1ccc(C(F)(F)F)cn1)C(=O)OCc1ccccc1. The molecule has 8 nitrogen and oxygen atoms in total. The van der Waals surface area contributed by atoms with E-state index >= 15 is 0 Å². The predicted octanol–water partition coefficient (Wildman–Crippen LogP) is 5.67. The Morgan fingerprint density at radius 1 is 0.925 bits per heavy atom. The average molecular weight is 571 g/mol. The fourth-order valence-electron chi connectivity index (χ4n) is 3.42. The van der Waals surface area contributed by atoms with Gasteiger partial charge in [0.25, 0.3) is 0 Å². The average Bonchev–Trinajstić information content (AvgIpc) is 2.83. The maximum Gasteiger partial charge on any atom is 0.417 e. The summed E-state index contributed by atoms with van der Waals surface area (Å²) >= 11 is 0. The summed E-state index contributed by atoms with van der Waals surface area (Å²) in [5.41, 5.74) is -3.21. The van der Waals surface area contributed by atoms with E-state index in [1.165, 1.54) is 20.9 Å². The maximum absolute atomic E-state index is 14.7. The molecule has 12 heteroatoms. The third kappa shape index (κ3) is 10.8. The molecule has 0 aliphatic carbocycles. The number of nitrogens with zero attached hydrogens (tertiary/aromatic N) is 2. The number of carbonyl (C=O) groups is 3. The summed E-state index contributed by atoms with van der Waals surface area (Å²) in [6, 6.07) is 8.93. The summed E-state index contributed by atoms with van der Waals surface area (Å²) in [7, 11) is 1.23. The van der Waals surface area contributed by atoms with Gasteiger partial charge in [-0.2, -0.15) is 13.2 Å². The number of pyridine rings is 1. The van der Waals surface area contributed by atoms with Crippen molar-refractivity contribution in [2.75, 3.05) is 7.05 Å². The smallest absolute Gasteiger partial charge is 0.417 e. The van der Waals surface area contributed by atoms with E-state index in [1.807, 2.05) is 0 Å². The molecule has 1 aromatic heterocycles. The Morgan fingerprint density at radius 2 is 1.55 bits per heavy atom. The van der Waals surface area contributed by atoms with Gasteiger partial charge in [-0.1, -0.05) is 30.3 Å². The third-order valence-electron chi connectivity index (χ3n) is 5.39. The summed E-state index contributed by atoms with van der Waals surface area (Å²) in [6.45, 7) is 7.07. The highest BCUT2D eigenvalue weighted by atomic mass is 19.4. The number of amides is 1. The van der Waals surface area contributed by atoms with Crippen LogP contribution >= 0.6 is 0 Å².